The number of nitrogens with zero attached hydrogens (tertiary/aromatic N) is 1. The van der Waals surface area contributed by atoms with Gasteiger partial charge in [-0.25, -0.2) is 4.98 Å². The highest BCUT2D eigenvalue weighted by molar-refractivity contribution is 5.80. The van der Waals surface area contributed by atoms with Crippen molar-refractivity contribution in [3.8, 4) is 0 Å². The fraction of sp³-hybridized carbons (Fsp3) is 0.333. The van der Waals surface area contributed by atoms with E-state index >= 15 is 0 Å². The second-order valence-corrected chi connectivity index (χ2v) is 4.96. The molecule has 0 bridgehead atoms. The summed E-state index contributed by atoms with van der Waals surface area (Å²) < 4.78 is 10.7. The molecule has 0 N–H and O–H groups in total. The zero-order valence-electron chi connectivity index (χ0n) is 11.3. The Morgan fingerprint density at radius 1 is 1.32 bits per heavy atom. The van der Waals surface area contributed by atoms with Gasteiger partial charge < -0.3 is 9.15 Å². The van der Waals surface area contributed by atoms with E-state index in [1.54, 1.807) is 27.0 Å². The van der Waals surface area contributed by atoms with Gasteiger partial charge in [-0.15, -0.1) is 0 Å². The van der Waals surface area contributed by atoms with Crippen molar-refractivity contribution in [1.29, 1.82) is 0 Å². The van der Waals surface area contributed by atoms with Crippen molar-refractivity contribution in [3.63, 3.8) is 0 Å². The minimum absolute atomic E-state index is 0.253. The van der Waals surface area contributed by atoms with Gasteiger partial charge in [-0.1, -0.05) is 30.3 Å². The zero-order valence-corrected chi connectivity index (χ0v) is 11.3. The highest BCUT2D eigenvalue weighted by atomic mass is 16.5. The Balaban J connectivity index is 2.03. The summed E-state index contributed by atoms with van der Waals surface area (Å²) in [4.78, 5) is 16.2. The van der Waals surface area contributed by atoms with Crippen LogP contribution in [0.3, 0.4) is 0 Å². The molecule has 4 heteroatoms. The topological polar surface area (TPSA) is 52.3 Å². The Morgan fingerprint density at radius 3 is 2.58 bits per heavy atom. The van der Waals surface area contributed by atoms with Crippen LogP contribution in [0.2, 0.25) is 0 Å². The second kappa shape index (κ2) is 5.26. The molecule has 0 saturated carbocycles. The van der Waals surface area contributed by atoms with E-state index in [1.165, 1.54) is 0 Å². The normalized spacial score (nSPS) is 11.3. The van der Waals surface area contributed by atoms with Gasteiger partial charge in [-0.3, -0.25) is 4.79 Å². The molecule has 19 heavy (non-hydrogen) atoms. The van der Waals surface area contributed by atoms with Gasteiger partial charge in [0.25, 0.3) is 0 Å². The number of ether oxygens (including phenoxy) is 1. The van der Waals surface area contributed by atoms with E-state index in [0.717, 1.165) is 5.56 Å². The van der Waals surface area contributed by atoms with Crippen molar-refractivity contribution >= 4 is 5.97 Å². The number of esters is 1. The van der Waals surface area contributed by atoms with Gasteiger partial charge in [-0.05, 0) is 26.3 Å². The molecule has 100 valence electrons. The van der Waals surface area contributed by atoms with Gasteiger partial charge in [0.2, 0.25) is 5.89 Å². The smallest absolute Gasteiger partial charge is 0.321 e. The molecule has 1 heterocycles. The van der Waals surface area contributed by atoms with E-state index in [0.29, 0.717) is 11.7 Å². The molecular weight excluding hydrogens is 242 g/mol. The maximum atomic E-state index is 12.1. The number of hydrogen-bond acceptors (Lipinski definition) is 4. The number of carbonyl (C=O) groups is 1. The first-order valence-electron chi connectivity index (χ1n) is 6.14. The number of carbonyl (C=O) groups excluding carboxylic acids is 1. The molecule has 2 rings (SSSR count). The summed E-state index contributed by atoms with van der Waals surface area (Å²) in [7, 11) is 0. The quantitative estimate of drug-likeness (QED) is 0.792. The Bertz CT molecular complexity index is 558. The summed E-state index contributed by atoms with van der Waals surface area (Å²) in [5, 5.41) is 0. The van der Waals surface area contributed by atoms with E-state index in [9.17, 15) is 4.79 Å². The predicted octanol–water partition coefficient (Wildman–Crippen LogP) is 3.00. The SMILES string of the molecule is Cc1cnc(C(C)(C)C(=O)OCc2ccccc2)o1. The maximum absolute atomic E-state index is 12.1. The molecule has 0 amide bonds. The van der Waals surface area contributed by atoms with Crippen molar-refractivity contribution in [3.05, 3.63) is 53.7 Å². The van der Waals surface area contributed by atoms with Crippen molar-refractivity contribution in [2.45, 2.75) is 32.8 Å². The van der Waals surface area contributed by atoms with Crippen LogP contribution in [0.5, 0.6) is 0 Å². The summed E-state index contributed by atoms with van der Waals surface area (Å²) in [5.41, 5.74) is 0.0680. The molecule has 0 saturated heterocycles. The Labute approximate surface area is 112 Å². The summed E-state index contributed by atoms with van der Waals surface area (Å²) in [6, 6.07) is 9.56. The monoisotopic (exact) mass is 259 g/mol. The van der Waals surface area contributed by atoms with Gasteiger partial charge in [0.1, 0.15) is 17.8 Å². The molecule has 0 fully saturated rings. The minimum atomic E-state index is -0.886. The lowest BCUT2D eigenvalue weighted by Crippen LogP contribution is -2.31. The molecule has 0 unspecified atom stereocenters. The van der Waals surface area contributed by atoms with Crippen molar-refractivity contribution in [1.82, 2.24) is 4.98 Å². The van der Waals surface area contributed by atoms with Crippen LogP contribution in [0.25, 0.3) is 0 Å². The average molecular weight is 259 g/mol. The molecule has 4 nitrogen and oxygen atoms in total. The molecular formula is C15H17NO3. The lowest BCUT2D eigenvalue weighted by atomic mass is 9.94. The predicted molar refractivity (Wildman–Crippen MR) is 70.5 cm³/mol. The third kappa shape index (κ3) is 3.02. The van der Waals surface area contributed by atoms with E-state index < -0.39 is 5.41 Å². The molecule has 0 spiro atoms. The third-order valence-electron chi connectivity index (χ3n) is 2.88. The lowest BCUT2D eigenvalue weighted by molar-refractivity contribution is -0.151. The number of oxazole rings is 1. The number of aryl methyl sites for hydroxylation is 1. The number of aromatic nitrogens is 1. The molecule has 1 aromatic carbocycles. The highest BCUT2D eigenvalue weighted by Gasteiger charge is 2.36. The Hall–Kier alpha value is -2.10. The molecule has 0 aliphatic heterocycles. The van der Waals surface area contributed by atoms with Gasteiger partial charge in [0.05, 0.1) is 6.20 Å². The number of hydrogen-bond donors (Lipinski definition) is 0. The van der Waals surface area contributed by atoms with Crippen LogP contribution >= 0.6 is 0 Å². The molecule has 2 aromatic rings. The first-order chi connectivity index (χ1) is 9.00. The summed E-state index contributed by atoms with van der Waals surface area (Å²) in [5.74, 6) is 0.709. The van der Waals surface area contributed by atoms with Gasteiger partial charge in [0, 0.05) is 0 Å². The fourth-order valence-corrected chi connectivity index (χ4v) is 1.63. The molecule has 0 aliphatic rings. The molecule has 0 atom stereocenters. The lowest BCUT2D eigenvalue weighted by Gasteiger charge is -2.18. The minimum Gasteiger partial charge on any atom is -0.460 e. The van der Waals surface area contributed by atoms with Gasteiger partial charge >= 0.3 is 5.97 Å². The summed E-state index contributed by atoms with van der Waals surface area (Å²) in [6.45, 7) is 5.53. The van der Waals surface area contributed by atoms with Crippen LogP contribution in [0.15, 0.2) is 40.9 Å². The second-order valence-electron chi connectivity index (χ2n) is 4.96. The van der Waals surface area contributed by atoms with Crippen LogP contribution in [-0.2, 0) is 21.6 Å². The molecule has 0 radical (unpaired) electrons. The van der Waals surface area contributed by atoms with E-state index in [4.69, 9.17) is 9.15 Å². The third-order valence-corrected chi connectivity index (χ3v) is 2.88. The van der Waals surface area contributed by atoms with E-state index in [-0.39, 0.29) is 12.6 Å². The summed E-state index contributed by atoms with van der Waals surface area (Å²) in [6.07, 6.45) is 1.60. The van der Waals surface area contributed by atoms with Crippen molar-refractivity contribution in [2.24, 2.45) is 0 Å². The highest BCUT2D eigenvalue weighted by Crippen LogP contribution is 2.24. The first kappa shape index (κ1) is 13.3. The molecule has 0 aliphatic carbocycles. The Kier molecular flexibility index (Phi) is 3.69. The first-order valence-corrected chi connectivity index (χ1v) is 6.14. The van der Waals surface area contributed by atoms with Crippen molar-refractivity contribution in [2.75, 3.05) is 0 Å². The average Bonchev–Trinajstić information content (AvgIpc) is 2.84. The summed E-state index contributed by atoms with van der Waals surface area (Å²) >= 11 is 0. The van der Waals surface area contributed by atoms with Gasteiger partial charge in [0.15, 0.2) is 0 Å². The van der Waals surface area contributed by atoms with E-state index in [1.807, 2.05) is 30.3 Å². The zero-order chi connectivity index (χ0) is 13.9. The largest absolute Gasteiger partial charge is 0.460 e. The van der Waals surface area contributed by atoms with Gasteiger partial charge in [-0.2, -0.15) is 0 Å². The van der Waals surface area contributed by atoms with Crippen LogP contribution in [0, 0.1) is 6.92 Å². The van der Waals surface area contributed by atoms with Crippen LogP contribution < -0.4 is 0 Å². The standard InChI is InChI=1S/C15H17NO3/c1-11-9-16-13(19-11)15(2,3)14(17)18-10-12-7-5-4-6-8-12/h4-9H,10H2,1-3H3. The van der Waals surface area contributed by atoms with Crippen LogP contribution in [0.1, 0.15) is 31.1 Å². The van der Waals surface area contributed by atoms with Crippen LogP contribution in [-0.4, -0.2) is 11.0 Å². The molecule has 1 aromatic heterocycles. The van der Waals surface area contributed by atoms with Crippen LogP contribution in [0.4, 0.5) is 0 Å². The van der Waals surface area contributed by atoms with Crippen molar-refractivity contribution < 1.29 is 13.9 Å². The van der Waals surface area contributed by atoms with E-state index in [2.05, 4.69) is 4.98 Å². The number of rotatable bonds is 4. The Morgan fingerprint density at radius 2 is 2.00 bits per heavy atom. The fourth-order valence-electron chi connectivity index (χ4n) is 1.63. The maximum Gasteiger partial charge on any atom is 0.321 e. The number of benzene rings is 1.